The first-order valence-corrected chi connectivity index (χ1v) is 11.3. The van der Waals surface area contributed by atoms with Crippen molar-refractivity contribution < 1.29 is 74.8 Å². The largest absolute Gasteiger partial charge is 0.394 e. The van der Waals surface area contributed by atoms with Gasteiger partial charge in [-0.3, -0.25) is 4.79 Å². The van der Waals surface area contributed by atoms with Gasteiger partial charge < -0.3 is 75.7 Å². The van der Waals surface area contributed by atoms with Crippen LogP contribution in [0.15, 0.2) is 0 Å². The number of aliphatic hydroxyl groups excluding tert-OH is 9. The summed E-state index contributed by atoms with van der Waals surface area (Å²) in [4.78, 5) is 12.5. The van der Waals surface area contributed by atoms with Gasteiger partial charge in [-0.1, -0.05) is 0 Å². The minimum absolute atomic E-state index is 0.803. The third-order valence-corrected chi connectivity index (χ3v) is 7.20. The summed E-state index contributed by atoms with van der Waals surface area (Å²) in [7, 11) is 0. The maximum atomic E-state index is 12.5. The van der Waals surface area contributed by atoms with Gasteiger partial charge in [0.1, 0.15) is 72.7 Å². The van der Waals surface area contributed by atoms with E-state index in [2.05, 4.69) is 0 Å². The molecule has 3 fully saturated rings. The molecule has 3 heterocycles. The third-order valence-electron chi connectivity index (χ3n) is 7.20. The number of Topliss-reactive ketones (excluding diaryl/α,β-unsaturated/α-hetero) is 1. The molecule has 0 bridgehead atoms. The van der Waals surface area contributed by atoms with Crippen LogP contribution in [0.25, 0.3) is 0 Å². The van der Waals surface area contributed by atoms with Crippen molar-refractivity contribution in [2.75, 3.05) is 13.2 Å². The number of aliphatic hydroxyl groups is 10. The van der Waals surface area contributed by atoms with Crippen LogP contribution in [0.4, 0.5) is 0 Å². The molecule has 0 spiro atoms. The van der Waals surface area contributed by atoms with E-state index in [4.69, 9.17) is 24.7 Å². The summed E-state index contributed by atoms with van der Waals surface area (Å²) in [6.07, 6.45) is -23.4. The van der Waals surface area contributed by atoms with Crippen molar-refractivity contribution in [2.24, 2.45) is 5.73 Å². The Balaban J connectivity index is 2.03. The molecule has 210 valence electrons. The topological polar surface area (TPSA) is 282 Å². The highest BCUT2D eigenvalue weighted by Crippen LogP contribution is 2.44. The van der Waals surface area contributed by atoms with E-state index in [1.54, 1.807) is 0 Å². The average molecular weight is 529 g/mol. The standard InChI is InChI=1S/C20H35NO15/c1-5-9(25)11(27)13(29)17(33-5)19(21)16(31)15(8(4-23)36-20(19,32)6(2)24)35-18-14(30)12(28)10(26)7(3-22)34-18/h5,7-18,22-23,25-32H,3-4,21H2,1-2H3/t5-,7+,8+,9+,10-,11+,12-,13-,14+,15+,16-,17?,18-,19-,20?/m0/s1. The fraction of sp³-hybridized carbons (Fsp3) is 0.950. The predicted octanol–water partition coefficient (Wildman–Crippen LogP) is -7.23. The number of carbonyl (C=O) groups is 1. The first-order valence-electron chi connectivity index (χ1n) is 11.3. The predicted molar refractivity (Wildman–Crippen MR) is 112 cm³/mol. The lowest BCUT2D eigenvalue weighted by Gasteiger charge is -2.59. The Morgan fingerprint density at radius 1 is 0.861 bits per heavy atom. The van der Waals surface area contributed by atoms with Crippen LogP contribution in [0, 0.1) is 0 Å². The molecule has 16 heteroatoms. The van der Waals surface area contributed by atoms with E-state index < -0.39 is 110 Å². The smallest absolute Gasteiger partial charge is 0.250 e. The fourth-order valence-corrected chi connectivity index (χ4v) is 4.90. The second-order valence-electron chi connectivity index (χ2n) is 9.45. The zero-order valence-electron chi connectivity index (χ0n) is 19.5. The highest BCUT2D eigenvalue weighted by atomic mass is 16.7. The summed E-state index contributed by atoms with van der Waals surface area (Å²) in [5.74, 6) is -4.32. The molecule has 0 aliphatic carbocycles. The van der Waals surface area contributed by atoms with Gasteiger partial charge >= 0.3 is 0 Å². The van der Waals surface area contributed by atoms with Crippen molar-refractivity contribution in [2.45, 2.75) is 105 Å². The van der Waals surface area contributed by atoms with Crippen molar-refractivity contribution in [3.8, 4) is 0 Å². The number of ether oxygens (including phenoxy) is 4. The van der Waals surface area contributed by atoms with E-state index in [9.17, 15) is 55.9 Å². The third kappa shape index (κ3) is 4.49. The van der Waals surface area contributed by atoms with Crippen LogP contribution in [-0.2, 0) is 23.7 Å². The van der Waals surface area contributed by atoms with Crippen molar-refractivity contribution in [3.63, 3.8) is 0 Å². The van der Waals surface area contributed by atoms with Crippen LogP contribution in [0.5, 0.6) is 0 Å². The number of rotatable bonds is 6. The molecule has 36 heavy (non-hydrogen) atoms. The second-order valence-corrected chi connectivity index (χ2v) is 9.45. The van der Waals surface area contributed by atoms with Gasteiger partial charge in [0.15, 0.2) is 12.1 Å². The van der Waals surface area contributed by atoms with E-state index in [1.165, 1.54) is 6.92 Å². The molecule has 0 aromatic carbocycles. The van der Waals surface area contributed by atoms with Crippen LogP contribution in [-0.4, -0.2) is 161 Å². The van der Waals surface area contributed by atoms with Gasteiger partial charge in [-0.2, -0.15) is 0 Å². The molecule has 3 rings (SSSR count). The molecule has 3 aliphatic rings. The van der Waals surface area contributed by atoms with Crippen molar-refractivity contribution in [1.82, 2.24) is 0 Å². The molecule has 0 amide bonds. The molecule has 16 nitrogen and oxygen atoms in total. The molecule has 0 aromatic rings. The van der Waals surface area contributed by atoms with Crippen molar-refractivity contribution in [3.05, 3.63) is 0 Å². The molecule has 2 unspecified atom stereocenters. The number of hydrogen-bond donors (Lipinski definition) is 11. The molecular formula is C20H35NO15. The molecule has 0 radical (unpaired) electrons. The van der Waals surface area contributed by atoms with Crippen LogP contribution in [0.3, 0.4) is 0 Å². The first kappa shape index (κ1) is 29.6. The van der Waals surface area contributed by atoms with Crippen LogP contribution in [0.1, 0.15) is 13.8 Å². The highest BCUT2D eigenvalue weighted by Gasteiger charge is 2.71. The van der Waals surface area contributed by atoms with Gasteiger partial charge in [-0.25, -0.2) is 0 Å². The summed E-state index contributed by atoms with van der Waals surface area (Å²) in [6.45, 7) is 0.336. The van der Waals surface area contributed by atoms with Crippen molar-refractivity contribution >= 4 is 5.78 Å². The normalized spacial score (nSPS) is 54.3. The van der Waals surface area contributed by atoms with Gasteiger partial charge in [-0.15, -0.1) is 0 Å². The molecule has 12 N–H and O–H groups in total. The van der Waals surface area contributed by atoms with Crippen molar-refractivity contribution in [1.29, 1.82) is 0 Å². The number of hydrogen-bond acceptors (Lipinski definition) is 16. The minimum Gasteiger partial charge on any atom is -0.394 e. The van der Waals surface area contributed by atoms with Crippen LogP contribution < -0.4 is 5.73 Å². The molecular weight excluding hydrogens is 494 g/mol. The SMILES string of the molecule is CC(=O)C1(O)O[C@H](CO)[C@@H](O[C@@H]2O[C@H](CO)[C@H](O)[C@H](O)[C@H]2O)[C@H](O)[C@]1(N)C1O[C@@H](C)[C@@H](O)[C@@H](O)[C@@H]1O. The van der Waals surface area contributed by atoms with Gasteiger partial charge in [0.2, 0.25) is 0 Å². The number of carbonyl (C=O) groups excluding carboxylic acids is 1. The monoisotopic (exact) mass is 529 g/mol. The molecule has 0 aromatic heterocycles. The van der Waals surface area contributed by atoms with E-state index in [0.717, 1.165) is 6.92 Å². The summed E-state index contributed by atoms with van der Waals surface area (Å²) >= 11 is 0. The van der Waals surface area contributed by atoms with E-state index in [-0.39, 0.29) is 0 Å². The van der Waals surface area contributed by atoms with E-state index in [0.29, 0.717) is 0 Å². The Kier molecular flexibility index (Phi) is 8.79. The van der Waals surface area contributed by atoms with Crippen LogP contribution >= 0.6 is 0 Å². The maximum Gasteiger partial charge on any atom is 0.250 e. The van der Waals surface area contributed by atoms with Crippen LogP contribution in [0.2, 0.25) is 0 Å². The maximum absolute atomic E-state index is 12.5. The lowest BCUT2D eigenvalue weighted by atomic mass is 9.68. The second kappa shape index (κ2) is 10.7. The van der Waals surface area contributed by atoms with Gasteiger partial charge in [-0.05, 0) is 6.92 Å². The fourth-order valence-electron chi connectivity index (χ4n) is 4.90. The van der Waals surface area contributed by atoms with Gasteiger partial charge in [0, 0.05) is 6.92 Å². The summed E-state index contributed by atoms with van der Waals surface area (Å²) < 4.78 is 21.7. The molecule has 3 aliphatic heterocycles. The zero-order valence-corrected chi connectivity index (χ0v) is 19.5. The number of nitrogens with two attached hydrogens (primary N) is 1. The Hall–Kier alpha value is -0.930. The lowest BCUT2D eigenvalue weighted by Crippen LogP contribution is -2.86. The van der Waals surface area contributed by atoms with Gasteiger partial charge in [0.05, 0.1) is 19.3 Å². The Morgan fingerprint density at radius 2 is 1.42 bits per heavy atom. The van der Waals surface area contributed by atoms with E-state index >= 15 is 0 Å². The minimum atomic E-state index is -3.14. The Labute approximate surface area is 205 Å². The first-order chi connectivity index (χ1) is 16.7. The Morgan fingerprint density at radius 3 is 1.94 bits per heavy atom. The summed E-state index contributed by atoms with van der Waals surface area (Å²) in [5, 5.41) is 103. The molecule has 0 saturated carbocycles. The highest BCUT2D eigenvalue weighted by molar-refractivity contribution is 5.85. The number of ketones is 1. The summed E-state index contributed by atoms with van der Waals surface area (Å²) in [5.41, 5.74) is 3.53. The van der Waals surface area contributed by atoms with Gasteiger partial charge in [0.25, 0.3) is 5.79 Å². The lowest BCUT2D eigenvalue weighted by molar-refractivity contribution is -0.386. The zero-order chi connectivity index (χ0) is 27.3. The molecule has 15 atom stereocenters. The Bertz CT molecular complexity index is 788. The van der Waals surface area contributed by atoms with E-state index in [1.807, 2.05) is 0 Å². The average Bonchev–Trinajstić information content (AvgIpc) is 2.84. The quantitative estimate of drug-likeness (QED) is 0.152. The molecule has 3 saturated heterocycles. The summed E-state index contributed by atoms with van der Waals surface area (Å²) in [6, 6.07) is 0.